The maximum Gasteiger partial charge on any atom is 0.254 e. The lowest BCUT2D eigenvalue weighted by Crippen LogP contribution is -2.50. The van der Waals surface area contributed by atoms with Crippen LogP contribution in [0.2, 0.25) is 0 Å². The van der Waals surface area contributed by atoms with E-state index in [1.165, 1.54) is 7.11 Å². The number of ether oxygens (including phenoxy) is 2. The third-order valence-electron chi connectivity index (χ3n) is 4.67. The molecule has 0 radical (unpaired) electrons. The first kappa shape index (κ1) is 19.7. The molecular formula is C19H24N4O5. The van der Waals surface area contributed by atoms with Crippen molar-refractivity contribution in [2.45, 2.75) is 19.8 Å². The maximum absolute atomic E-state index is 12.8. The highest BCUT2D eigenvalue weighted by Crippen LogP contribution is 2.28. The van der Waals surface area contributed by atoms with Gasteiger partial charge in [-0.05, 0) is 18.2 Å². The summed E-state index contributed by atoms with van der Waals surface area (Å²) in [4.78, 5) is 28.6. The molecule has 2 aromatic rings. The topological polar surface area (TPSA) is 98.0 Å². The van der Waals surface area contributed by atoms with Gasteiger partial charge >= 0.3 is 0 Å². The highest BCUT2D eigenvalue weighted by Gasteiger charge is 2.25. The molecule has 1 aliphatic heterocycles. The van der Waals surface area contributed by atoms with Crippen LogP contribution in [0.25, 0.3) is 0 Å². The van der Waals surface area contributed by atoms with Crippen molar-refractivity contribution in [3.63, 3.8) is 0 Å². The van der Waals surface area contributed by atoms with E-state index in [0.29, 0.717) is 67.9 Å². The highest BCUT2D eigenvalue weighted by molar-refractivity contribution is 5.95. The quantitative estimate of drug-likeness (QED) is 0.736. The van der Waals surface area contributed by atoms with Gasteiger partial charge in [-0.2, -0.15) is 0 Å². The number of nitrogens with zero attached hydrogens (tertiary/aromatic N) is 4. The van der Waals surface area contributed by atoms with Crippen molar-refractivity contribution < 1.29 is 23.5 Å². The van der Waals surface area contributed by atoms with E-state index in [1.54, 1.807) is 42.0 Å². The molecular weight excluding hydrogens is 364 g/mol. The van der Waals surface area contributed by atoms with Gasteiger partial charge in [0.25, 0.3) is 5.91 Å². The van der Waals surface area contributed by atoms with Gasteiger partial charge < -0.3 is 23.7 Å². The Bertz CT molecular complexity index is 843. The van der Waals surface area contributed by atoms with Crippen LogP contribution in [0, 0.1) is 6.92 Å². The summed E-state index contributed by atoms with van der Waals surface area (Å²) >= 11 is 0. The third kappa shape index (κ3) is 4.41. The zero-order chi connectivity index (χ0) is 20.1. The van der Waals surface area contributed by atoms with E-state index in [4.69, 9.17) is 13.9 Å². The summed E-state index contributed by atoms with van der Waals surface area (Å²) < 4.78 is 15.8. The second-order valence-electron chi connectivity index (χ2n) is 6.46. The predicted octanol–water partition coefficient (Wildman–Crippen LogP) is 1.31. The first-order valence-electron chi connectivity index (χ1n) is 9.10. The fourth-order valence-corrected chi connectivity index (χ4v) is 3.12. The van der Waals surface area contributed by atoms with Gasteiger partial charge in [0.15, 0.2) is 11.5 Å². The number of aromatic nitrogens is 2. The van der Waals surface area contributed by atoms with Crippen LogP contribution in [-0.4, -0.2) is 72.2 Å². The molecule has 0 aliphatic carbocycles. The lowest BCUT2D eigenvalue weighted by molar-refractivity contribution is -0.132. The van der Waals surface area contributed by atoms with Crippen LogP contribution in [-0.2, 0) is 11.2 Å². The molecule has 0 atom stereocenters. The molecule has 0 saturated carbocycles. The maximum atomic E-state index is 12.8. The van der Waals surface area contributed by atoms with Crippen molar-refractivity contribution in [1.29, 1.82) is 0 Å². The van der Waals surface area contributed by atoms with Crippen molar-refractivity contribution in [3.8, 4) is 11.5 Å². The number of aryl methyl sites for hydroxylation is 2. The number of methoxy groups -OCH3 is 2. The Hall–Kier alpha value is -3.10. The van der Waals surface area contributed by atoms with Crippen molar-refractivity contribution in [2.24, 2.45) is 0 Å². The van der Waals surface area contributed by atoms with Crippen LogP contribution < -0.4 is 9.47 Å². The lowest BCUT2D eigenvalue weighted by atomic mass is 10.1. The molecule has 0 N–H and O–H groups in total. The minimum absolute atomic E-state index is 0.0223. The lowest BCUT2D eigenvalue weighted by Gasteiger charge is -2.35. The van der Waals surface area contributed by atoms with Gasteiger partial charge in [0.05, 0.1) is 14.2 Å². The van der Waals surface area contributed by atoms with Gasteiger partial charge in [-0.1, -0.05) is 0 Å². The Labute approximate surface area is 163 Å². The summed E-state index contributed by atoms with van der Waals surface area (Å²) in [5.74, 6) is 1.98. The molecule has 2 amide bonds. The van der Waals surface area contributed by atoms with Crippen LogP contribution >= 0.6 is 0 Å². The number of hydrogen-bond donors (Lipinski definition) is 0. The fourth-order valence-electron chi connectivity index (χ4n) is 3.12. The Morgan fingerprint density at radius 2 is 1.71 bits per heavy atom. The monoisotopic (exact) mass is 388 g/mol. The van der Waals surface area contributed by atoms with E-state index >= 15 is 0 Å². The molecule has 1 saturated heterocycles. The summed E-state index contributed by atoms with van der Waals surface area (Å²) in [7, 11) is 3.08. The number of piperazine rings is 1. The summed E-state index contributed by atoms with van der Waals surface area (Å²) in [5.41, 5.74) is 0.532. The van der Waals surface area contributed by atoms with E-state index in [2.05, 4.69) is 10.2 Å². The molecule has 0 spiro atoms. The standard InChI is InChI=1S/C19H24N4O5/c1-13-20-21-17(28-13)6-7-18(24)22-8-10-23(11-9-22)19(25)14-4-5-15(26-2)16(12-14)27-3/h4-5,12H,6-11H2,1-3H3. The van der Waals surface area contributed by atoms with E-state index < -0.39 is 0 Å². The SMILES string of the molecule is COc1ccc(C(=O)N2CCN(C(=O)CCc3nnc(C)o3)CC2)cc1OC. The average Bonchev–Trinajstić information content (AvgIpc) is 3.16. The predicted molar refractivity (Wildman–Crippen MR) is 99.4 cm³/mol. The van der Waals surface area contributed by atoms with E-state index in [9.17, 15) is 9.59 Å². The Balaban J connectivity index is 1.53. The number of benzene rings is 1. The number of carbonyl (C=O) groups excluding carboxylic acids is 2. The van der Waals surface area contributed by atoms with Crippen LogP contribution in [0.3, 0.4) is 0 Å². The third-order valence-corrected chi connectivity index (χ3v) is 4.67. The minimum Gasteiger partial charge on any atom is -0.493 e. The largest absolute Gasteiger partial charge is 0.493 e. The number of carbonyl (C=O) groups is 2. The Morgan fingerprint density at radius 1 is 1.04 bits per heavy atom. The van der Waals surface area contributed by atoms with Crippen LogP contribution in [0.1, 0.15) is 28.6 Å². The van der Waals surface area contributed by atoms with Crippen molar-refractivity contribution >= 4 is 11.8 Å². The first-order chi connectivity index (χ1) is 13.5. The molecule has 150 valence electrons. The zero-order valence-corrected chi connectivity index (χ0v) is 16.3. The number of amides is 2. The van der Waals surface area contributed by atoms with Crippen molar-refractivity contribution in [2.75, 3.05) is 40.4 Å². The number of rotatable bonds is 6. The fraction of sp³-hybridized carbons (Fsp3) is 0.474. The molecule has 9 heteroatoms. The molecule has 1 aliphatic rings. The van der Waals surface area contributed by atoms with Crippen molar-refractivity contribution in [3.05, 3.63) is 35.5 Å². The van der Waals surface area contributed by atoms with Gasteiger partial charge in [-0.15, -0.1) is 10.2 Å². The molecule has 2 heterocycles. The van der Waals surface area contributed by atoms with E-state index in [1.807, 2.05) is 0 Å². The normalized spacial score (nSPS) is 14.1. The van der Waals surface area contributed by atoms with E-state index in [0.717, 1.165) is 0 Å². The second kappa shape index (κ2) is 8.73. The summed E-state index contributed by atoms with van der Waals surface area (Å²) in [5, 5.41) is 7.65. The highest BCUT2D eigenvalue weighted by atomic mass is 16.5. The van der Waals surface area contributed by atoms with Crippen molar-refractivity contribution in [1.82, 2.24) is 20.0 Å². The van der Waals surface area contributed by atoms with Gasteiger partial charge in [-0.25, -0.2) is 0 Å². The van der Waals surface area contributed by atoms with Crippen LogP contribution in [0.4, 0.5) is 0 Å². The molecule has 3 rings (SSSR count). The summed E-state index contributed by atoms with van der Waals surface area (Å²) in [6.07, 6.45) is 0.732. The summed E-state index contributed by atoms with van der Waals surface area (Å²) in [6, 6.07) is 5.10. The molecule has 0 bridgehead atoms. The van der Waals surface area contributed by atoms with Gasteiger partial charge in [0.1, 0.15) is 0 Å². The zero-order valence-electron chi connectivity index (χ0n) is 16.3. The molecule has 1 aromatic heterocycles. The number of hydrogen-bond acceptors (Lipinski definition) is 7. The smallest absolute Gasteiger partial charge is 0.254 e. The molecule has 1 fully saturated rings. The summed E-state index contributed by atoms with van der Waals surface area (Å²) in [6.45, 7) is 3.69. The Kier molecular flexibility index (Phi) is 6.13. The molecule has 0 unspecified atom stereocenters. The Morgan fingerprint density at radius 3 is 2.32 bits per heavy atom. The van der Waals surface area contributed by atoms with Crippen LogP contribution in [0.15, 0.2) is 22.6 Å². The average molecular weight is 388 g/mol. The van der Waals surface area contributed by atoms with E-state index in [-0.39, 0.29) is 11.8 Å². The van der Waals surface area contributed by atoms with Gasteiger partial charge in [0, 0.05) is 51.5 Å². The molecule has 28 heavy (non-hydrogen) atoms. The van der Waals surface area contributed by atoms with Gasteiger partial charge in [0.2, 0.25) is 17.7 Å². The molecule has 9 nitrogen and oxygen atoms in total. The second-order valence-corrected chi connectivity index (χ2v) is 6.46. The molecule has 1 aromatic carbocycles. The minimum atomic E-state index is -0.0885. The first-order valence-corrected chi connectivity index (χ1v) is 9.10. The van der Waals surface area contributed by atoms with Gasteiger partial charge in [-0.3, -0.25) is 9.59 Å². The van der Waals surface area contributed by atoms with Crippen LogP contribution in [0.5, 0.6) is 11.5 Å².